The average Bonchev–Trinajstić information content (AvgIpc) is 3.25. The summed E-state index contributed by atoms with van der Waals surface area (Å²) in [4.78, 5) is 15.1. The summed E-state index contributed by atoms with van der Waals surface area (Å²) in [6.45, 7) is 3.12. The number of carbonyl (C=O) groups is 1. The molecule has 2 heterocycles. The van der Waals surface area contributed by atoms with Crippen molar-refractivity contribution in [3.8, 4) is 0 Å². The highest BCUT2D eigenvalue weighted by molar-refractivity contribution is 8.01. The van der Waals surface area contributed by atoms with Crippen LogP contribution < -0.4 is 5.32 Å². The highest BCUT2D eigenvalue weighted by Crippen LogP contribution is 2.39. The van der Waals surface area contributed by atoms with Gasteiger partial charge in [0, 0.05) is 19.6 Å². The number of nitrogens with one attached hydrogen (secondary N) is 1. The number of anilines is 1. The molecule has 1 aromatic heterocycles. The molecule has 3 aromatic rings. The molecule has 1 aliphatic heterocycles. The maximum atomic E-state index is 13.2. The largest absolute Gasteiger partial charge is 0.378 e. The molecular weight excluding hydrogens is 404 g/mol. The Morgan fingerprint density at radius 3 is 2.48 bits per heavy atom. The molecule has 0 unspecified atom stereocenters. The standard InChI is InChI=1S/C21H22N4O2S2/c26-19(25-11-13-27-14-12-25)18(17-9-5-2-6-10-17)28-21-24-23-20(29-21)22-15-16-7-3-1-4-8-16/h1-10,18H,11-15H2,(H,22,23)/t18-/m1/s1. The summed E-state index contributed by atoms with van der Waals surface area (Å²) in [5.41, 5.74) is 2.16. The molecule has 1 N–H and O–H groups in total. The van der Waals surface area contributed by atoms with Crippen LogP contribution in [0.1, 0.15) is 16.4 Å². The van der Waals surface area contributed by atoms with Crippen LogP contribution in [0.4, 0.5) is 5.13 Å². The highest BCUT2D eigenvalue weighted by atomic mass is 32.2. The van der Waals surface area contributed by atoms with E-state index in [0.717, 1.165) is 15.0 Å². The Kier molecular flexibility index (Phi) is 6.76. The first-order chi connectivity index (χ1) is 14.3. The van der Waals surface area contributed by atoms with Gasteiger partial charge >= 0.3 is 0 Å². The van der Waals surface area contributed by atoms with Crippen molar-refractivity contribution in [2.24, 2.45) is 0 Å². The molecule has 150 valence electrons. The van der Waals surface area contributed by atoms with Crippen molar-refractivity contribution >= 4 is 34.1 Å². The number of nitrogens with zero attached hydrogens (tertiary/aromatic N) is 3. The molecule has 1 aliphatic rings. The van der Waals surface area contributed by atoms with E-state index in [2.05, 4.69) is 27.6 Å². The summed E-state index contributed by atoms with van der Waals surface area (Å²) < 4.78 is 6.17. The zero-order valence-corrected chi connectivity index (χ0v) is 17.5. The van der Waals surface area contributed by atoms with Crippen molar-refractivity contribution in [1.82, 2.24) is 15.1 Å². The fourth-order valence-electron chi connectivity index (χ4n) is 3.04. The minimum Gasteiger partial charge on any atom is -0.378 e. The Balaban J connectivity index is 1.46. The lowest BCUT2D eigenvalue weighted by molar-refractivity contribution is -0.134. The van der Waals surface area contributed by atoms with Gasteiger partial charge in [-0.15, -0.1) is 10.2 Å². The normalized spacial score (nSPS) is 15.1. The molecule has 6 nitrogen and oxygen atoms in total. The zero-order valence-electron chi connectivity index (χ0n) is 15.9. The molecule has 1 saturated heterocycles. The highest BCUT2D eigenvalue weighted by Gasteiger charge is 2.29. The van der Waals surface area contributed by atoms with Crippen LogP contribution in [0.5, 0.6) is 0 Å². The number of amides is 1. The summed E-state index contributed by atoms with van der Waals surface area (Å²) in [5, 5.41) is 12.3. The summed E-state index contributed by atoms with van der Waals surface area (Å²) in [5.74, 6) is 0.0958. The van der Waals surface area contributed by atoms with Crippen LogP contribution in [0.2, 0.25) is 0 Å². The third-order valence-corrected chi connectivity index (χ3v) is 6.77. The van der Waals surface area contributed by atoms with Crippen LogP contribution in [0.3, 0.4) is 0 Å². The first-order valence-corrected chi connectivity index (χ1v) is 11.2. The lowest BCUT2D eigenvalue weighted by Crippen LogP contribution is -2.42. The second kappa shape index (κ2) is 9.87. The third-order valence-electron chi connectivity index (χ3n) is 4.56. The van der Waals surface area contributed by atoms with Gasteiger partial charge in [0.05, 0.1) is 13.2 Å². The van der Waals surface area contributed by atoms with Gasteiger partial charge < -0.3 is 15.0 Å². The van der Waals surface area contributed by atoms with Crippen molar-refractivity contribution in [3.63, 3.8) is 0 Å². The first kappa shape index (κ1) is 19.9. The lowest BCUT2D eigenvalue weighted by atomic mass is 10.1. The minimum atomic E-state index is -0.343. The molecule has 0 saturated carbocycles. The van der Waals surface area contributed by atoms with E-state index in [0.29, 0.717) is 32.8 Å². The molecule has 1 fully saturated rings. The summed E-state index contributed by atoms with van der Waals surface area (Å²) in [7, 11) is 0. The molecule has 1 amide bonds. The summed E-state index contributed by atoms with van der Waals surface area (Å²) >= 11 is 2.93. The van der Waals surface area contributed by atoms with Gasteiger partial charge in [0.15, 0.2) is 4.34 Å². The Hall–Kier alpha value is -2.42. The smallest absolute Gasteiger partial charge is 0.240 e. The molecule has 0 spiro atoms. The second-order valence-electron chi connectivity index (χ2n) is 6.56. The van der Waals surface area contributed by atoms with E-state index in [1.165, 1.54) is 28.7 Å². The minimum absolute atomic E-state index is 0.0958. The van der Waals surface area contributed by atoms with E-state index in [1.54, 1.807) is 0 Å². The number of hydrogen-bond donors (Lipinski definition) is 1. The molecular formula is C21H22N4O2S2. The van der Waals surface area contributed by atoms with Crippen molar-refractivity contribution in [2.45, 2.75) is 16.1 Å². The molecule has 2 aromatic carbocycles. The number of morpholine rings is 1. The van der Waals surface area contributed by atoms with E-state index in [-0.39, 0.29) is 11.2 Å². The van der Waals surface area contributed by atoms with E-state index in [9.17, 15) is 4.79 Å². The zero-order chi connectivity index (χ0) is 19.9. The van der Waals surface area contributed by atoms with Gasteiger partial charge in [-0.3, -0.25) is 4.79 Å². The van der Waals surface area contributed by atoms with Crippen molar-refractivity contribution in [2.75, 3.05) is 31.6 Å². The van der Waals surface area contributed by atoms with Gasteiger partial charge in [-0.2, -0.15) is 0 Å². The van der Waals surface area contributed by atoms with Crippen molar-refractivity contribution < 1.29 is 9.53 Å². The van der Waals surface area contributed by atoms with Crippen LogP contribution in [-0.4, -0.2) is 47.3 Å². The van der Waals surface area contributed by atoms with Crippen molar-refractivity contribution in [3.05, 3.63) is 71.8 Å². The predicted molar refractivity (Wildman–Crippen MR) is 116 cm³/mol. The average molecular weight is 427 g/mol. The summed E-state index contributed by atoms with van der Waals surface area (Å²) in [6.07, 6.45) is 0. The lowest BCUT2D eigenvalue weighted by Gasteiger charge is -2.30. The topological polar surface area (TPSA) is 67.4 Å². The maximum absolute atomic E-state index is 13.2. The molecule has 0 radical (unpaired) electrons. The number of hydrogen-bond acceptors (Lipinski definition) is 7. The Labute approximate surface area is 178 Å². The Morgan fingerprint density at radius 1 is 1.07 bits per heavy atom. The van der Waals surface area contributed by atoms with Gasteiger partial charge in [0.1, 0.15) is 5.25 Å². The number of aromatic nitrogens is 2. The monoisotopic (exact) mass is 426 g/mol. The molecule has 4 rings (SSSR count). The predicted octanol–water partition coefficient (Wildman–Crippen LogP) is 3.84. The van der Waals surface area contributed by atoms with Crippen LogP contribution in [0.25, 0.3) is 0 Å². The van der Waals surface area contributed by atoms with Crippen LogP contribution >= 0.6 is 23.1 Å². The fourth-order valence-corrected chi connectivity index (χ4v) is 5.07. The molecule has 29 heavy (non-hydrogen) atoms. The number of thioether (sulfide) groups is 1. The third kappa shape index (κ3) is 5.35. The Bertz CT molecular complexity index is 915. The van der Waals surface area contributed by atoms with E-state index < -0.39 is 0 Å². The molecule has 0 bridgehead atoms. The van der Waals surface area contributed by atoms with Gasteiger partial charge in [-0.05, 0) is 11.1 Å². The van der Waals surface area contributed by atoms with Gasteiger partial charge in [-0.25, -0.2) is 0 Å². The SMILES string of the molecule is O=C([C@H](Sc1nnc(NCc2ccccc2)s1)c1ccccc1)N1CCOCC1. The van der Waals surface area contributed by atoms with E-state index in [1.807, 2.05) is 53.4 Å². The molecule has 0 aliphatic carbocycles. The molecule has 8 heteroatoms. The second-order valence-corrected chi connectivity index (χ2v) is 8.89. The van der Waals surface area contributed by atoms with E-state index >= 15 is 0 Å². The van der Waals surface area contributed by atoms with Gasteiger partial charge in [-0.1, -0.05) is 83.8 Å². The number of rotatable bonds is 7. The molecule has 1 atom stereocenters. The van der Waals surface area contributed by atoms with Crippen LogP contribution in [0, 0.1) is 0 Å². The quantitative estimate of drug-likeness (QED) is 0.579. The van der Waals surface area contributed by atoms with E-state index in [4.69, 9.17) is 4.74 Å². The first-order valence-electron chi connectivity index (χ1n) is 9.49. The maximum Gasteiger partial charge on any atom is 0.240 e. The van der Waals surface area contributed by atoms with Gasteiger partial charge in [0.2, 0.25) is 11.0 Å². The number of ether oxygens (including phenoxy) is 1. The number of benzene rings is 2. The number of carbonyl (C=O) groups excluding carboxylic acids is 1. The van der Waals surface area contributed by atoms with Crippen LogP contribution in [-0.2, 0) is 16.1 Å². The van der Waals surface area contributed by atoms with Gasteiger partial charge in [0.25, 0.3) is 0 Å². The summed E-state index contributed by atoms with van der Waals surface area (Å²) in [6, 6.07) is 20.0. The Morgan fingerprint density at radius 2 is 1.76 bits per heavy atom. The van der Waals surface area contributed by atoms with Crippen LogP contribution in [0.15, 0.2) is 65.0 Å². The fraction of sp³-hybridized carbons (Fsp3) is 0.286. The van der Waals surface area contributed by atoms with Crippen molar-refractivity contribution in [1.29, 1.82) is 0 Å².